The predicted molar refractivity (Wildman–Crippen MR) is 74.2 cm³/mol. The van der Waals surface area contributed by atoms with E-state index in [1.54, 1.807) is 25.9 Å². The number of aliphatic hydroxyl groups excluding tert-OH is 1. The van der Waals surface area contributed by atoms with Gasteiger partial charge in [0.15, 0.2) is 0 Å². The van der Waals surface area contributed by atoms with Crippen LogP contribution < -0.4 is 0 Å². The van der Waals surface area contributed by atoms with Gasteiger partial charge in [0.1, 0.15) is 0 Å². The van der Waals surface area contributed by atoms with E-state index in [1.807, 2.05) is 18.2 Å². The molecule has 0 aliphatic heterocycles. The third kappa shape index (κ3) is 4.33. The van der Waals surface area contributed by atoms with Gasteiger partial charge in [-0.3, -0.25) is 4.79 Å². The van der Waals surface area contributed by atoms with Gasteiger partial charge in [-0.2, -0.15) is 0 Å². The summed E-state index contributed by atoms with van der Waals surface area (Å²) < 4.78 is 0.870. The van der Waals surface area contributed by atoms with Gasteiger partial charge in [-0.1, -0.05) is 22.0 Å². The molecule has 3 nitrogen and oxygen atoms in total. The first-order chi connectivity index (χ1) is 7.91. The number of hydrogen-bond donors (Lipinski definition) is 1. The first-order valence-corrected chi connectivity index (χ1v) is 7.00. The summed E-state index contributed by atoms with van der Waals surface area (Å²) in [7, 11) is 3.49. The maximum absolute atomic E-state index is 11.4. The lowest BCUT2D eigenvalue weighted by atomic mass is 10.1. The number of amides is 1. The van der Waals surface area contributed by atoms with Crippen molar-refractivity contribution < 1.29 is 9.90 Å². The molecule has 0 aliphatic carbocycles. The lowest BCUT2D eigenvalue weighted by Crippen LogP contribution is -2.23. The SMILES string of the molecule is C[C@H](O)c1ccc(SCC(=O)N(C)C)cc1Br. The molecule has 0 aromatic heterocycles. The first kappa shape index (κ1) is 14.5. The van der Waals surface area contributed by atoms with Gasteiger partial charge in [0.05, 0.1) is 11.9 Å². The Bertz CT molecular complexity index is 407. The van der Waals surface area contributed by atoms with Crippen molar-refractivity contribution in [2.45, 2.75) is 17.9 Å². The van der Waals surface area contributed by atoms with E-state index >= 15 is 0 Å². The fraction of sp³-hybridized carbons (Fsp3) is 0.417. The molecule has 1 aromatic rings. The Kier molecular flexibility index (Phi) is 5.49. The van der Waals surface area contributed by atoms with Crippen LogP contribution >= 0.6 is 27.7 Å². The van der Waals surface area contributed by atoms with Crippen LogP contribution in [0.15, 0.2) is 27.6 Å². The van der Waals surface area contributed by atoms with Crippen LogP contribution in [0.25, 0.3) is 0 Å². The van der Waals surface area contributed by atoms with Crippen LogP contribution in [-0.2, 0) is 4.79 Å². The fourth-order valence-corrected chi connectivity index (χ4v) is 2.99. The van der Waals surface area contributed by atoms with Gasteiger partial charge in [-0.25, -0.2) is 0 Å². The van der Waals surface area contributed by atoms with Crippen LogP contribution in [-0.4, -0.2) is 35.8 Å². The van der Waals surface area contributed by atoms with E-state index in [0.717, 1.165) is 14.9 Å². The minimum atomic E-state index is -0.494. The zero-order valence-electron chi connectivity index (χ0n) is 10.1. The Morgan fingerprint density at radius 2 is 2.18 bits per heavy atom. The number of rotatable bonds is 4. The number of aliphatic hydroxyl groups is 1. The molecule has 5 heteroatoms. The minimum absolute atomic E-state index is 0.0886. The highest BCUT2D eigenvalue weighted by molar-refractivity contribution is 9.10. The van der Waals surface area contributed by atoms with E-state index in [9.17, 15) is 9.90 Å². The number of thioether (sulfide) groups is 1. The molecule has 1 atom stereocenters. The molecule has 1 rings (SSSR count). The molecule has 1 N–H and O–H groups in total. The van der Waals surface area contributed by atoms with Crippen molar-refractivity contribution in [1.29, 1.82) is 0 Å². The van der Waals surface area contributed by atoms with Gasteiger partial charge in [-0.15, -0.1) is 11.8 Å². The Morgan fingerprint density at radius 3 is 2.65 bits per heavy atom. The average molecular weight is 318 g/mol. The lowest BCUT2D eigenvalue weighted by molar-refractivity contribution is -0.125. The van der Waals surface area contributed by atoms with Crippen molar-refractivity contribution in [3.05, 3.63) is 28.2 Å². The Labute approximate surface area is 114 Å². The standard InChI is InChI=1S/C12H16BrNO2S/c1-8(15)10-5-4-9(6-11(10)13)17-7-12(16)14(2)3/h4-6,8,15H,7H2,1-3H3/t8-/m0/s1. The number of benzene rings is 1. The van der Waals surface area contributed by atoms with E-state index in [2.05, 4.69) is 15.9 Å². The van der Waals surface area contributed by atoms with E-state index in [0.29, 0.717) is 5.75 Å². The number of carbonyl (C=O) groups excluding carboxylic acids is 1. The summed E-state index contributed by atoms with van der Waals surface area (Å²) in [6.07, 6.45) is -0.494. The highest BCUT2D eigenvalue weighted by atomic mass is 79.9. The summed E-state index contributed by atoms with van der Waals surface area (Å²) in [6, 6.07) is 5.72. The van der Waals surface area contributed by atoms with Gasteiger partial charge < -0.3 is 10.0 Å². The third-order valence-electron chi connectivity index (χ3n) is 2.28. The maximum atomic E-state index is 11.4. The topological polar surface area (TPSA) is 40.5 Å². The molecule has 0 spiro atoms. The molecule has 94 valence electrons. The molecule has 0 unspecified atom stereocenters. The fourth-order valence-electron chi connectivity index (χ4n) is 1.21. The number of nitrogens with zero attached hydrogens (tertiary/aromatic N) is 1. The number of halogens is 1. The second-order valence-electron chi connectivity index (χ2n) is 3.94. The summed E-state index contributed by atoms with van der Waals surface area (Å²) in [6.45, 7) is 1.72. The van der Waals surface area contributed by atoms with Gasteiger partial charge in [0, 0.05) is 23.5 Å². The smallest absolute Gasteiger partial charge is 0.232 e. The molecule has 1 aromatic carbocycles. The number of hydrogen-bond acceptors (Lipinski definition) is 3. The van der Waals surface area contributed by atoms with Crippen LogP contribution in [0.2, 0.25) is 0 Å². The van der Waals surface area contributed by atoms with Crippen LogP contribution in [0, 0.1) is 0 Å². The summed E-state index contributed by atoms with van der Waals surface area (Å²) in [4.78, 5) is 14.0. The monoisotopic (exact) mass is 317 g/mol. The molecule has 0 fully saturated rings. The summed E-state index contributed by atoms with van der Waals surface area (Å²) in [5.74, 6) is 0.513. The van der Waals surface area contributed by atoms with Crippen molar-refractivity contribution in [1.82, 2.24) is 4.90 Å². The van der Waals surface area contributed by atoms with Crippen LogP contribution in [0.3, 0.4) is 0 Å². The van der Waals surface area contributed by atoms with Crippen LogP contribution in [0.5, 0.6) is 0 Å². The van der Waals surface area contributed by atoms with Crippen molar-refractivity contribution >= 4 is 33.6 Å². The van der Waals surface area contributed by atoms with E-state index in [4.69, 9.17) is 0 Å². The molecule has 17 heavy (non-hydrogen) atoms. The Balaban J connectivity index is 2.68. The van der Waals surface area contributed by atoms with Gasteiger partial charge in [0.2, 0.25) is 5.91 Å². The van der Waals surface area contributed by atoms with Crippen molar-refractivity contribution in [3.63, 3.8) is 0 Å². The van der Waals surface area contributed by atoms with Crippen LogP contribution in [0.1, 0.15) is 18.6 Å². The van der Waals surface area contributed by atoms with E-state index in [-0.39, 0.29) is 5.91 Å². The Hall–Kier alpha value is -0.520. The zero-order chi connectivity index (χ0) is 13.0. The second-order valence-corrected chi connectivity index (χ2v) is 5.84. The molecule has 1 amide bonds. The first-order valence-electron chi connectivity index (χ1n) is 5.22. The summed E-state index contributed by atoms with van der Waals surface area (Å²) in [5.41, 5.74) is 0.855. The average Bonchev–Trinajstić information content (AvgIpc) is 2.25. The quantitative estimate of drug-likeness (QED) is 0.868. The number of carbonyl (C=O) groups is 1. The molecular formula is C12H16BrNO2S. The van der Waals surface area contributed by atoms with Crippen molar-refractivity contribution in [3.8, 4) is 0 Å². The second kappa shape index (κ2) is 6.42. The van der Waals surface area contributed by atoms with Gasteiger partial charge in [-0.05, 0) is 24.6 Å². The van der Waals surface area contributed by atoms with Crippen molar-refractivity contribution in [2.75, 3.05) is 19.8 Å². The molecular weight excluding hydrogens is 302 g/mol. The zero-order valence-corrected chi connectivity index (χ0v) is 12.5. The van der Waals surface area contributed by atoms with Crippen molar-refractivity contribution in [2.24, 2.45) is 0 Å². The van der Waals surface area contributed by atoms with E-state index in [1.165, 1.54) is 11.8 Å². The highest BCUT2D eigenvalue weighted by Crippen LogP contribution is 2.28. The molecule has 0 heterocycles. The third-order valence-corrected chi connectivity index (χ3v) is 3.95. The van der Waals surface area contributed by atoms with Crippen LogP contribution in [0.4, 0.5) is 0 Å². The predicted octanol–water partition coefficient (Wildman–Crippen LogP) is 2.68. The molecule has 0 radical (unpaired) electrons. The summed E-state index contributed by atoms with van der Waals surface area (Å²) in [5, 5.41) is 9.49. The van der Waals surface area contributed by atoms with E-state index < -0.39 is 6.10 Å². The molecule has 0 saturated heterocycles. The normalized spacial score (nSPS) is 12.3. The Morgan fingerprint density at radius 1 is 1.53 bits per heavy atom. The molecule has 0 aliphatic rings. The van der Waals surface area contributed by atoms with Gasteiger partial charge >= 0.3 is 0 Å². The maximum Gasteiger partial charge on any atom is 0.232 e. The summed E-state index contributed by atoms with van der Waals surface area (Å²) >= 11 is 4.90. The minimum Gasteiger partial charge on any atom is -0.389 e. The largest absolute Gasteiger partial charge is 0.389 e. The highest BCUT2D eigenvalue weighted by Gasteiger charge is 2.09. The lowest BCUT2D eigenvalue weighted by Gasteiger charge is -2.11. The molecule has 0 saturated carbocycles. The van der Waals surface area contributed by atoms with Gasteiger partial charge in [0.25, 0.3) is 0 Å². The molecule has 0 bridgehead atoms.